The SMILES string of the molecule is CCOC(=O)c1ccccc1C=Cc1ccccc1. The third kappa shape index (κ3) is 3.55. The van der Waals surface area contributed by atoms with Crippen LogP contribution in [0.4, 0.5) is 0 Å². The Morgan fingerprint density at radius 3 is 2.42 bits per heavy atom. The van der Waals surface area contributed by atoms with Crippen LogP contribution in [-0.4, -0.2) is 12.6 Å². The molecule has 0 aliphatic rings. The van der Waals surface area contributed by atoms with Crippen molar-refractivity contribution in [2.75, 3.05) is 6.61 Å². The van der Waals surface area contributed by atoms with Gasteiger partial charge in [0.25, 0.3) is 0 Å². The number of hydrogen-bond acceptors (Lipinski definition) is 2. The Morgan fingerprint density at radius 2 is 1.68 bits per heavy atom. The summed E-state index contributed by atoms with van der Waals surface area (Å²) in [5.41, 5.74) is 2.56. The van der Waals surface area contributed by atoms with Gasteiger partial charge in [-0.3, -0.25) is 0 Å². The Kier molecular flexibility index (Phi) is 4.51. The van der Waals surface area contributed by atoms with Crippen molar-refractivity contribution < 1.29 is 9.53 Å². The van der Waals surface area contributed by atoms with Gasteiger partial charge in [0.2, 0.25) is 0 Å². The summed E-state index contributed by atoms with van der Waals surface area (Å²) in [4.78, 5) is 11.8. The van der Waals surface area contributed by atoms with E-state index < -0.39 is 0 Å². The molecule has 96 valence electrons. The number of carbonyl (C=O) groups is 1. The number of benzene rings is 2. The van der Waals surface area contributed by atoms with Gasteiger partial charge in [0, 0.05) is 0 Å². The fraction of sp³-hybridized carbons (Fsp3) is 0.118. The number of rotatable bonds is 4. The number of ether oxygens (including phenoxy) is 1. The third-order valence-corrected chi connectivity index (χ3v) is 2.71. The predicted molar refractivity (Wildman–Crippen MR) is 77.8 cm³/mol. The topological polar surface area (TPSA) is 26.3 Å². The van der Waals surface area contributed by atoms with Crippen LogP contribution in [-0.2, 0) is 4.74 Å². The molecule has 0 spiro atoms. The van der Waals surface area contributed by atoms with Crippen LogP contribution >= 0.6 is 0 Å². The Bertz CT molecular complexity index is 571. The summed E-state index contributed by atoms with van der Waals surface area (Å²) in [6.07, 6.45) is 3.92. The molecule has 0 atom stereocenters. The fourth-order valence-electron chi connectivity index (χ4n) is 1.79. The summed E-state index contributed by atoms with van der Waals surface area (Å²) in [7, 11) is 0. The maximum Gasteiger partial charge on any atom is 0.338 e. The van der Waals surface area contributed by atoms with E-state index in [2.05, 4.69) is 0 Å². The highest BCUT2D eigenvalue weighted by Gasteiger charge is 2.09. The Labute approximate surface area is 113 Å². The molecule has 2 heteroatoms. The molecule has 0 fully saturated rings. The van der Waals surface area contributed by atoms with Gasteiger partial charge in [-0.15, -0.1) is 0 Å². The molecule has 2 nitrogen and oxygen atoms in total. The summed E-state index contributed by atoms with van der Waals surface area (Å²) in [5.74, 6) is -0.282. The van der Waals surface area contributed by atoms with Crippen molar-refractivity contribution >= 4 is 18.1 Å². The summed E-state index contributed by atoms with van der Waals surface area (Å²) in [5, 5.41) is 0. The number of esters is 1. The molecular weight excluding hydrogens is 236 g/mol. The molecule has 0 heterocycles. The van der Waals surface area contributed by atoms with E-state index in [1.54, 1.807) is 13.0 Å². The highest BCUT2D eigenvalue weighted by atomic mass is 16.5. The molecule has 19 heavy (non-hydrogen) atoms. The monoisotopic (exact) mass is 252 g/mol. The van der Waals surface area contributed by atoms with E-state index in [0.717, 1.165) is 11.1 Å². The normalized spacial score (nSPS) is 10.6. The Hall–Kier alpha value is -2.35. The molecule has 2 rings (SSSR count). The molecule has 0 unspecified atom stereocenters. The van der Waals surface area contributed by atoms with Gasteiger partial charge < -0.3 is 4.74 Å². The van der Waals surface area contributed by atoms with Crippen molar-refractivity contribution in [2.24, 2.45) is 0 Å². The zero-order valence-electron chi connectivity index (χ0n) is 10.9. The molecule has 0 N–H and O–H groups in total. The second-order valence-electron chi connectivity index (χ2n) is 4.05. The highest BCUT2D eigenvalue weighted by molar-refractivity contribution is 5.94. The van der Waals surface area contributed by atoms with Gasteiger partial charge in [0.1, 0.15) is 0 Å². The first-order valence-corrected chi connectivity index (χ1v) is 6.30. The molecule has 2 aromatic carbocycles. The number of hydrogen-bond donors (Lipinski definition) is 0. The largest absolute Gasteiger partial charge is 0.462 e. The molecule has 2 aromatic rings. The summed E-state index contributed by atoms with van der Waals surface area (Å²) >= 11 is 0. The van der Waals surface area contributed by atoms with Gasteiger partial charge in [-0.25, -0.2) is 4.79 Å². The van der Waals surface area contributed by atoms with E-state index in [1.165, 1.54) is 0 Å². The molecule has 0 bridgehead atoms. The molecule has 0 aliphatic carbocycles. The van der Waals surface area contributed by atoms with Crippen molar-refractivity contribution in [3.8, 4) is 0 Å². The van der Waals surface area contributed by atoms with Crippen molar-refractivity contribution in [1.29, 1.82) is 0 Å². The average molecular weight is 252 g/mol. The number of carbonyl (C=O) groups excluding carboxylic acids is 1. The zero-order chi connectivity index (χ0) is 13.5. The lowest BCUT2D eigenvalue weighted by molar-refractivity contribution is 0.0526. The van der Waals surface area contributed by atoms with Gasteiger partial charge in [-0.05, 0) is 24.1 Å². The van der Waals surface area contributed by atoms with E-state index in [0.29, 0.717) is 12.2 Å². The zero-order valence-corrected chi connectivity index (χ0v) is 10.9. The van der Waals surface area contributed by atoms with Gasteiger partial charge in [0.15, 0.2) is 0 Å². The molecule has 0 saturated heterocycles. The van der Waals surface area contributed by atoms with Crippen LogP contribution < -0.4 is 0 Å². The minimum Gasteiger partial charge on any atom is -0.462 e. The van der Waals surface area contributed by atoms with Crippen LogP contribution in [0.2, 0.25) is 0 Å². The Morgan fingerprint density at radius 1 is 1.00 bits per heavy atom. The highest BCUT2D eigenvalue weighted by Crippen LogP contribution is 2.14. The van der Waals surface area contributed by atoms with Crippen molar-refractivity contribution in [2.45, 2.75) is 6.92 Å². The van der Waals surface area contributed by atoms with E-state index >= 15 is 0 Å². The molecule has 0 saturated carbocycles. The van der Waals surface area contributed by atoms with Gasteiger partial charge in [0.05, 0.1) is 12.2 Å². The lowest BCUT2D eigenvalue weighted by Crippen LogP contribution is -2.06. The summed E-state index contributed by atoms with van der Waals surface area (Å²) < 4.78 is 5.05. The lowest BCUT2D eigenvalue weighted by atomic mass is 10.1. The van der Waals surface area contributed by atoms with Crippen LogP contribution in [0, 0.1) is 0 Å². The van der Waals surface area contributed by atoms with Crippen molar-refractivity contribution in [3.05, 3.63) is 71.3 Å². The minimum absolute atomic E-state index is 0.282. The first-order valence-electron chi connectivity index (χ1n) is 6.30. The molecule has 0 radical (unpaired) electrons. The maximum absolute atomic E-state index is 11.8. The second kappa shape index (κ2) is 6.55. The molecule has 0 amide bonds. The van der Waals surface area contributed by atoms with Crippen LogP contribution in [0.3, 0.4) is 0 Å². The quantitative estimate of drug-likeness (QED) is 0.606. The van der Waals surface area contributed by atoms with Crippen molar-refractivity contribution in [1.82, 2.24) is 0 Å². The first-order chi connectivity index (χ1) is 9.31. The van der Waals surface area contributed by atoms with Crippen LogP contribution in [0.25, 0.3) is 12.2 Å². The average Bonchev–Trinajstić information content (AvgIpc) is 2.47. The fourth-order valence-corrected chi connectivity index (χ4v) is 1.79. The van der Waals surface area contributed by atoms with E-state index in [9.17, 15) is 4.79 Å². The molecule has 0 aliphatic heterocycles. The minimum atomic E-state index is -0.282. The smallest absolute Gasteiger partial charge is 0.338 e. The third-order valence-electron chi connectivity index (χ3n) is 2.71. The van der Waals surface area contributed by atoms with Gasteiger partial charge in [-0.2, -0.15) is 0 Å². The standard InChI is InChI=1S/C17H16O2/c1-2-19-17(18)16-11-7-6-10-15(16)13-12-14-8-4-3-5-9-14/h3-13H,2H2,1H3. The van der Waals surface area contributed by atoms with Crippen LogP contribution in [0.1, 0.15) is 28.4 Å². The maximum atomic E-state index is 11.8. The molecule has 0 aromatic heterocycles. The van der Waals surface area contributed by atoms with E-state index in [4.69, 9.17) is 4.74 Å². The molecular formula is C17H16O2. The first kappa shape index (κ1) is 13.1. The van der Waals surface area contributed by atoms with Crippen molar-refractivity contribution in [3.63, 3.8) is 0 Å². The van der Waals surface area contributed by atoms with Crippen LogP contribution in [0.5, 0.6) is 0 Å². The van der Waals surface area contributed by atoms with E-state index in [-0.39, 0.29) is 5.97 Å². The summed E-state index contributed by atoms with van der Waals surface area (Å²) in [6.45, 7) is 2.19. The van der Waals surface area contributed by atoms with Gasteiger partial charge >= 0.3 is 5.97 Å². The van der Waals surface area contributed by atoms with Crippen LogP contribution in [0.15, 0.2) is 54.6 Å². The Balaban J connectivity index is 2.25. The second-order valence-corrected chi connectivity index (χ2v) is 4.05. The van der Waals surface area contributed by atoms with E-state index in [1.807, 2.05) is 60.7 Å². The summed E-state index contributed by atoms with van der Waals surface area (Å²) in [6, 6.07) is 17.4. The van der Waals surface area contributed by atoms with Gasteiger partial charge in [-0.1, -0.05) is 60.7 Å². The lowest BCUT2D eigenvalue weighted by Gasteiger charge is -2.05. The predicted octanol–water partition coefficient (Wildman–Crippen LogP) is 4.03.